The molecule has 0 heterocycles. The van der Waals surface area contributed by atoms with Gasteiger partial charge in [-0.15, -0.1) is 0 Å². The molecule has 2 atom stereocenters. The Hall–Kier alpha value is -0.770. The zero-order chi connectivity index (χ0) is 12.0. The fourth-order valence-corrected chi connectivity index (χ4v) is 2.04. The second-order valence-electron chi connectivity index (χ2n) is 4.81. The van der Waals surface area contributed by atoms with Crippen LogP contribution < -0.4 is 5.73 Å². The lowest BCUT2D eigenvalue weighted by Crippen LogP contribution is -2.31. The van der Waals surface area contributed by atoms with Gasteiger partial charge >= 0.3 is 0 Å². The maximum Gasteiger partial charge on any atom is 0.190 e. The van der Waals surface area contributed by atoms with Gasteiger partial charge < -0.3 is 15.4 Å². The molecule has 94 valence electrons. The molecule has 0 aromatic carbocycles. The molecule has 1 aliphatic carbocycles. The number of rotatable bonds is 4. The number of hydrogen-bond acceptors (Lipinski definition) is 2. The predicted octanol–water partition coefficient (Wildman–Crippen LogP) is 1.46. The fourth-order valence-electron chi connectivity index (χ4n) is 2.04. The van der Waals surface area contributed by atoms with Crippen molar-refractivity contribution in [3.63, 3.8) is 0 Å². The van der Waals surface area contributed by atoms with Crippen molar-refractivity contribution in [1.82, 2.24) is 4.90 Å². The highest BCUT2D eigenvalue weighted by atomic mass is 16.5. The Labute approximate surface area is 98.9 Å². The minimum absolute atomic E-state index is 0.435. The summed E-state index contributed by atoms with van der Waals surface area (Å²) in [7, 11) is 3.78. The van der Waals surface area contributed by atoms with Crippen molar-refractivity contribution >= 4 is 5.96 Å². The average molecular weight is 227 g/mol. The highest BCUT2D eigenvalue weighted by Gasteiger charge is 2.21. The SMILES string of the molecule is C[C@@H]1CCCC[C@H]1OCCN=C(N)N(C)C. The summed E-state index contributed by atoms with van der Waals surface area (Å²) in [6.45, 7) is 3.62. The molecule has 1 aliphatic rings. The topological polar surface area (TPSA) is 50.9 Å². The molecule has 0 unspecified atom stereocenters. The van der Waals surface area contributed by atoms with Crippen LogP contribution in [0, 0.1) is 5.92 Å². The van der Waals surface area contributed by atoms with Crippen LogP contribution in [-0.4, -0.2) is 44.2 Å². The molecule has 4 heteroatoms. The van der Waals surface area contributed by atoms with Gasteiger partial charge in [0.25, 0.3) is 0 Å². The number of nitrogens with zero attached hydrogens (tertiary/aromatic N) is 2. The second-order valence-corrected chi connectivity index (χ2v) is 4.81. The third kappa shape index (κ3) is 4.39. The molecule has 0 aromatic heterocycles. The first-order valence-corrected chi connectivity index (χ1v) is 6.20. The van der Waals surface area contributed by atoms with Crippen molar-refractivity contribution in [3.8, 4) is 0 Å². The zero-order valence-electron chi connectivity index (χ0n) is 10.8. The van der Waals surface area contributed by atoms with Crippen LogP contribution in [0.15, 0.2) is 4.99 Å². The van der Waals surface area contributed by atoms with E-state index in [1.165, 1.54) is 25.7 Å². The third-order valence-corrected chi connectivity index (χ3v) is 3.19. The Kier molecular flexibility index (Phi) is 5.60. The van der Waals surface area contributed by atoms with Gasteiger partial charge in [0.05, 0.1) is 19.3 Å². The van der Waals surface area contributed by atoms with E-state index < -0.39 is 0 Å². The van der Waals surface area contributed by atoms with Crippen molar-refractivity contribution < 1.29 is 4.74 Å². The van der Waals surface area contributed by atoms with Gasteiger partial charge in [-0.05, 0) is 18.8 Å². The van der Waals surface area contributed by atoms with Crippen molar-refractivity contribution in [1.29, 1.82) is 0 Å². The van der Waals surface area contributed by atoms with Gasteiger partial charge in [0, 0.05) is 14.1 Å². The van der Waals surface area contributed by atoms with Crippen LogP contribution in [0.1, 0.15) is 32.6 Å². The fraction of sp³-hybridized carbons (Fsp3) is 0.917. The summed E-state index contributed by atoms with van der Waals surface area (Å²) in [5.74, 6) is 1.27. The maximum atomic E-state index is 5.84. The molecule has 4 nitrogen and oxygen atoms in total. The van der Waals surface area contributed by atoms with E-state index in [1.54, 1.807) is 0 Å². The molecule has 1 rings (SSSR count). The van der Waals surface area contributed by atoms with Crippen molar-refractivity contribution in [2.24, 2.45) is 16.6 Å². The standard InChI is InChI=1S/C12H25N3O/c1-10-6-4-5-7-11(10)16-9-8-14-12(13)15(2)3/h10-11H,4-9H2,1-3H3,(H2,13,14)/t10-,11-/m1/s1. The summed E-state index contributed by atoms with van der Waals surface area (Å²) in [4.78, 5) is 6.04. The van der Waals surface area contributed by atoms with Crippen LogP contribution in [0.5, 0.6) is 0 Å². The van der Waals surface area contributed by atoms with Gasteiger partial charge in [0.2, 0.25) is 0 Å². The Morgan fingerprint density at radius 2 is 2.06 bits per heavy atom. The van der Waals surface area contributed by atoms with E-state index >= 15 is 0 Å². The molecule has 1 saturated carbocycles. The minimum Gasteiger partial charge on any atom is -0.376 e. The number of hydrogen-bond donors (Lipinski definition) is 1. The maximum absolute atomic E-state index is 5.84. The Morgan fingerprint density at radius 1 is 1.38 bits per heavy atom. The van der Waals surface area contributed by atoms with Crippen LogP contribution in [-0.2, 0) is 4.74 Å². The van der Waals surface area contributed by atoms with Gasteiger partial charge in [0.15, 0.2) is 5.96 Å². The molecule has 0 spiro atoms. The molecule has 0 bridgehead atoms. The highest BCUT2D eigenvalue weighted by molar-refractivity contribution is 5.77. The summed E-state index contributed by atoms with van der Waals surface area (Å²) >= 11 is 0. The summed E-state index contributed by atoms with van der Waals surface area (Å²) in [5.41, 5.74) is 5.68. The lowest BCUT2D eigenvalue weighted by atomic mass is 9.88. The lowest BCUT2D eigenvalue weighted by Gasteiger charge is -2.28. The number of aliphatic imine (C=N–C) groups is 1. The Bertz CT molecular complexity index is 228. The van der Waals surface area contributed by atoms with E-state index in [0.29, 0.717) is 31.1 Å². The average Bonchev–Trinajstić information content (AvgIpc) is 2.26. The molecule has 0 radical (unpaired) electrons. The molecular formula is C12H25N3O. The Balaban J connectivity index is 2.17. The van der Waals surface area contributed by atoms with Crippen LogP contribution in [0.3, 0.4) is 0 Å². The first-order chi connectivity index (χ1) is 7.61. The van der Waals surface area contributed by atoms with E-state index in [1.807, 2.05) is 19.0 Å². The lowest BCUT2D eigenvalue weighted by molar-refractivity contribution is -0.000686. The van der Waals surface area contributed by atoms with Crippen molar-refractivity contribution in [2.75, 3.05) is 27.2 Å². The molecule has 16 heavy (non-hydrogen) atoms. The number of nitrogens with two attached hydrogens (primary N) is 1. The Morgan fingerprint density at radius 3 is 2.69 bits per heavy atom. The largest absolute Gasteiger partial charge is 0.376 e. The molecule has 0 saturated heterocycles. The number of ether oxygens (including phenoxy) is 1. The summed E-state index contributed by atoms with van der Waals surface area (Å²) in [5, 5.41) is 0. The van der Waals surface area contributed by atoms with Gasteiger partial charge in [-0.25, -0.2) is 0 Å². The predicted molar refractivity (Wildman–Crippen MR) is 67.5 cm³/mol. The van der Waals surface area contributed by atoms with Crippen LogP contribution >= 0.6 is 0 Å². The zero-order valence-corrected chi connectivity index (χ0v) is 10.8. The van der Waals surface area contributed by atoms with Crippen LogP contribution in [0.4, 0.5) is 0 Å². The van der Waals surface area contributed by atoms with Gasteiger partial charge in [-0.1, -0.05) is 19.8 Å². The molecule has 0 amide bonds. The molecular weight excluding hydrogens is 202 g/mol. The van der Waals surface area contributed by atoms with Crippen LogP contribution in [0.25, 0.3) is 0 Å². The highest BCUT2D eigenvalue weighted by Crippen LogP contribution is 2.25. The second kappa shape index (κ2) is 6.74. The third-order valence-electron chi connectivity index (χ3n) is 3.19. The van der Waals surface area contributed by atoms with E-state index in [9.17, 15) is 0 Å². The molecule has 0 aliphatic heterocycles. The van der Waals surface area contributed by atoms with Crippen LogP contribution in [0.2, 0.25) is 0 Å². The summed E-state index contributed by atoms with van der Waals surface area (Å²) < 4.78 is 5.84. The van der Waals surface area contributed by atoms with E-state index in [0.717, 1.165) is 0 Å². The van der Waals surface area contributed by atoms with Gasteiger partial charge in [-0.2, -0.15) is 0 Å². The van der Waals surface area contributed by atoms with E-state index in [4.69, 9.17) is 10.5 Å². The summed E-state index contributed by atoms with van der Waals surface area (Å²) in [6, 6.07) is 0. The monoisotopic (exact) mass is 227 g/mol. The van der Waals surface area contributed by atoms with Gasteiger partial charge in [-0.3, -0.25) is 4.99 Å². The first kappa shape index (κ1) is 13.3. The molecule has 1 fully saturated rings. The summed E-state index contributed by atoms with van der Waals surface area (Å²) in [6.07, 6.45) is 5.59. The van der Waals surface area contributed by atoms with E-state index in [-0.39, 0.29) is 0 Å². The molecule has 2 N–H and O–H groups in total. The van der Waals surface area contributed by atoms with Crippen molar-refractivity contribution in [3.05, 3.63) is 0 Å². The number of guanidine groups is 1. The normalized spacial score (nSPS) is 26.8. The smallest absolute Gasteiger partial charge is 0.190 e. The minimum atomic E-state index is 0.435. The quantitative estimate of drug-likeness (QED) is 0.449. The van der Waals surface area contributed by atoms with Crippen molar-refractivity contribution in [2.45, 2.75) is 38.7 Å². The first-order valence-electron chi connectivity index (χ1n) is 6.20. The van der Waals surface area contributed by atoms with Gasteiger partial charge in [0.1, 0.15) is 0 Å². The van der Waals surface area contributed by atoms with E-state index in [2.05, 4.69) is 11.9 Å². The molecule has 0 aromatic rings.